The third kappa shape index (κ3) is 5.99. The van der Waals surface area contributed by atoms with Gasteiger partial charge in [-0.25, -0.2) is 0 Å². The highest BCUT2D eigenvalue weighted by Crippen LogP contribution is 2.06. The zero-order valence-electron chi connectivity index (χ0n) is 8.71. The van der Waals surface area contributed by atoms with Gasteiger partial charge in [-0.05, 0) is 13.8 Å². The van der Waals surface area contributed by atoms with E-state index in [0.717, 1.165) is 0 Å². The average Bonchev–Trinajstić information content (AvgIpc) is 2.12. The maximum Gasteiger partial charge on any atom is 0.134 e. The van der Waals surface area contributed by atoms with Crippen molar-refractivity contribution in [2.45, 2.75) is 19.4 Å². The summed E-state index contributed by atoms with van der Waals surface area (Å²) in [6.45, 7) is 5.65. The van der Waals surface area contributed by atoms with Crippen molar-refractivity contribution in [3.63, 3.8) is 0 Å². The van der Waals surface area contributed by atoms with Crippen LogP contribution in [0.15, 0.2) is 0 Å². The van der Waals surface area contributed by atoms with Crippen LogP contribution in [0.4, 0.5) is 0 Å². The van der Waals surface area contributed by atoms with Crippen LogP contribution in [0.3, 0.4) is 0 Å². The van der Waals surface area contributed by atoms with E-state index in [4.69, 9.17) is 14.2 Å². The summed E-state index contributed by atoms with van der Waals surface area (Å²) in [6.07, 6.45) is 0. The van der Waals surface area contributed by atoms with E-state index in [1.165, 1.54) is 0 Å². The van der Waals surface area contributed by atoms with Crippen molar-refractivity contribution in [1.82, 2.24) is 0 Å². The first-order valence-electron chi connectivity index (χ1n) is 4.55. The Balaban J connectivity index is 3.84. The number of aliphatic hydroxyl groups is 1. The SMILES string of the molecule is CCOCC(O)(COC)COCC. The largest absolute Gasteiger partial charge is 0.383 e. The van der Waals surface area contributed by atoms with Crippen LogP contribution in [-0.4, -0.2) is 50.9 Å². The lowest BCUT2D eigenvalue weighted by atomic mass is 10.1. The molecule has 13 heavy (non-hydrogen) atoms. The van der Waals surface area contributed by atoms with E-state index < -0.39 is 5.60 Å². The molecule has 80 valence electrons. The summed E-state index contributed by atoms with van der Waals surface area (Å²) >= 11 is 0. The Labute approximate surface area is 79.8 Å². The van der Waals surface area contributed by atoms with E-state index in [9.17, 15) is 5.11 Å². The van der Waals surface area contributed by atoms with Crippen LogP contribution >= 0.6 is 0 Å². The second-order valence-electron chi connectivity index (χ2n) is 2.93. The van der Waals surface area contributed by atoms with Gasteiger partial charge in [-0.2, -0.15) is 0 Å². The van der Waals surface area contributed by atoms with Crippen molar-refractivity contribution in [2.24, 2.45) is 0 Å². The standard InChI is InChI=1S/C9H20O4/c1-4-12-7-9(10,6-11-3)8-13-5-2/h10H,4-8H2,1-3H3. The molecule has 0 aliphatic rings. The molecule has 0 saturated carbocycles. The Morgan fingerprint density at radius 2 is 1.46 bits per heavy atom. The lowest BCUT2D eigenvalue weighted by Gasteiger charge is -2.26. The van der Waals surface area contributed by atoms with Crippen LogP contribution in [0, 0.1) is 0 Å². The Bertz CT molecular complexity index is 108. The van der Waals surface area contributed by atoms with Gasteiger partial charge in [-0.1, -0.05) is 0 Å². The fourth-order valence-corrected chi connectivity index (χ4v) is 0.978. The predicted octanol–water partition coefficient (Wildman–Crippen LogP) is 0.437. The number of hydrogen-bond donors (Lipinski definition) is 1. The molecule has 0 bridgehead atoms. The fourth-order valence-electron chi connectivity index (χ4n) is 0.978. The summed E-state index contributed by atoms with van der Waals surface area (Å²) in [5.74, 6) is 0. The zero-order valence-corrected chi connectivity index (χ0v) is 8.71. The highest BCUT2D eigenvalue weighted by Gasteiger charge is 2.27. The molecular formula is C9H20O4. The van der Waals surface area contributed by atoms with Crippen molar-refractivity contribution in [1.29, 1.82) is 0 Å². The minimum Gasteiger partial charge on any atom is -0.383 e. The first-order chi connectivity index (χ1) is 6.18. The van der Waals surface area contributed by atoms with Gasteiger partial charge in [0.05, 0.1) is 19.8 Å². The average molecular weight is 192 g/mol. The molecule has 0 aromatic rings. The van der Waals surface area contributed by atoms with Crippen molar-refractivity contribution < 1.29 is 19.3 Å². The molecule has 0 amide bonds. The third-order valence-electron chi connectivity index (χ3n) is 1.56. The van der Waals surface area contributed by atoms with E-state index >= 15 is 0 Å². The Morgan fingerprint density at radius 1 is 1.00 bits per heavy atom. The lowest BCUT2D eigenvalue weighted by molar-refractivity contribution is -0.124. The van der Waals surface area contributed by atoms with Crippen LogP contribution in [-0.2, 0) is 14.2 Å². The molecule has 0 rings (SSSR count). The number of hydrogen-bond acceptors (Lipinski definition) is 4. The van der Waals surface area contributed by atoms with E-state index in [0.29, 0.717) is 13.2 Å². The Kier molecular flexibility index (Phi) is 7.17. The van der Waals surface area contributed by atoms with Gasteiger partial charge in [0.25, 0.3) is 0 Å². The number of methoxy groups -OCH3 is 1. The first kappa shape index (κ1) is 12.8. The van der Waals surface area contributed by atoms with Crippen molar-refractivity contribution >= 4 is 0 Å². The topological polar surface area (TPSA) is 47.9 Å². The summed E-state index contributed by atoms with van der Waals surface area (Å²) in [4.78, 5) is 0. The third-order valence-corrected chi connectivity index (χ3v) is 1.56. The van der Waals surface area contributed by atoms with Gasteiger partial charge >= 0.3 is 0 Å². The molecule has 0 radical (unpaired) electrons. The molecule has 0 aromatic carbocycles. The van der Waals surface area contributed by atoms with Gasteiger partial charge in [0.15, 0.2) is 0 Å². The molecule has 0 atom stereocenters. The zero-order chi connectivity index (χ0) is 10.2. The molecule has 0 saturated heterocycles. The van der Waals surface area contributed by atoms with Gasteiger partial charge in [-0.3, -0.25) is 0 Å². The monoisotopic (exact) mass is 192 g/mol. The summed E-state index contributed by atoms with van der Waals surface area (Å²) in [5, 5.41) is 9.90. The summed E-state index contributed by atoms with van der Waals surface area (Å²) in [5.41, 5.74) is -1.01. The van der Waals surface area contributed by atoms with Gasteiger partial charge in [0.2, 0.25) is 0 Å². The van der Waals surface area contributed by atoms with Gasteiger partial charge in [0.1, 0.15) is 5.60 Å². The maximum atomic E-state index is 9.90. The molecule has 0 fully saturated rings. The van der Waals surface area contributed by atoms with Crippen LogP contribution in [0.5, 0.6) is 0 Å². The van der Waals surface area contributed by atoms with E-state index in [1.807, 2.05) is 13.8 Å². The smallest absolute Gasteiger partial charge is 0.134 e. The summed E-state index contributed by atoms with van der Waals surface area (Å²) < 4.78 is 15.2. The van der Waals surface area contributed by atoms with Gasteiger partial charge in [-0.15, -0.1) is 0 Å². The second kappa shape index (κ2) is 7.26. The molecule has 0 aliphatic heterocycles. The molecule has 1 N–H and O–H groups in total. The Hall–Kier alpha value is -0.160. The van der Waals surface area contributed by atoms with Crippen LogP contribution in [0.25, 0.3) is 0 Å². The fraction of sp³-hybridized carbons (Fsp3) is 1.00. The quantitative estimate of drug-likeness (QED) is 0.606. The molecule has 4 heteroatoms. The van der Waals surface area contributed by atoms with E-state index in [2.05, 4.69) is 0 Å². The number of rotatable bonds is 8. The minimum atomic E-state index is -1.01. The molecule has 0 aliphatic carbocycles. The number of ether oxygens (including phenoxy) is 3. The molecule has 0 aromatic heterocycles. The molecule has 0 unspecified atom stereocenters. The van der Waals surface area contributed by atoms with Crippen LogP contribution < -0.4 is 0 Å². The predicted molar refractivity (Wildman–Crippen MR) is 49.8 cm³/mol. The van der Waals surface area contributed by atoms with E-state index in [-0.39, 0.29) is 19.8 Å². The highest BCUT2D eigenvalue weighted by molar-refractivity contribution is 4.77. The summed E-state index contributed by atoms with van der Waals surface area (Å²) in [7, 11) is 1.54. The molecular weight excluding hydrogens is 172 g/mol. The first-order valence-corrected chi connectivity index (χ1v) is 4.55. The molecule has 0 spiro atoms. The molecule has 4 nitrogen and oxygen atoms in total. The molecule has 0 heterocycles. The Morgan fingerprint density at radius 3 is 1.77 bits per heavy atom. The van der Waals surface area contributed by atoms with Crippen molar-refractivity contribution in [3.8, 4) is 0 Å². The van der Waals surface area contributed by atoms with Gasteiger partial charge in [0, 0.05) is 20.3 Å². The van der Waals surface area contributed by atoms with Gasteiger partial charge < -0.3 is 19.3 Å². The normalized spacial score (nSPS) is 12.0. The minimum absolute atomic E-state index is 0.229. The van der Waals surface area contributed by atoms with Crippen molar-refractivity contribution in [3.05, 3.63) is 0 Å². The van der Waals surface area contributed by atoms with Crippen molar-refractivity contribution in [2.75, 3.05) is 40.1 Å². The lowest BCUT2D eigenvalue weighted by Crippen LogP contribution is -2.44. The van der Waals surface area contributed by atoms with Crippen LogP contribution in [0.2, 0.25) is 0 Å². The van der Waals surface area contributed by atoms with E-state index in [1.54, 1.807) is 7.11 Å². The highest BCUT2D eigenvalue weighted by atomic mass is 16.5. The second-order valence-corrected chi connectivity index (χ2v) is 2.93. The summed E-state index contributed by atoms with van der Waals surface area (Å²) in [6, 6.07) is 0. The maximum absolute atomic E-state index is 9.90. The van der Waals surface area contributed by atoms with Crippen LogP contribution in [0.1, 0.15) is 13.8 Å².